The van der Waals surface area contributed by atoms with Gasteiger partial charge in [-0.3, -0.25) is 9.59 Å². The molecule has 2 aliphatic rings. The molecule has 1 saturated carbocycles. The van der Waals surface area contributed by atoms with Crippen LogP contribution in [-0.4, -0.2) is 18.9 Å². The first-order chi connectivity index (χ1) is 7.71. The number of rotatable bonds is 2. The Kier molecular flexibility index (Phi) is 3.13. The average molecular weight is 222 g/mol. The van der Waals surface area contributed by atoms with E-state index >= 15 is 0 Å². The topological polar surface area (TPSA) is 43.4 Å². The highest BCUT2D eigenvalue weighted by Gasteiger charge is 2.52. The minimum atomic E-state index is -0.908. The third kappa shape index (κ3) is 1.58. The maximum absolute atomic E-state index is 12.1. The summed E-state index contributed by atoms with van der Waals surface area (Å²) < 4.78 is 4.86. The first-order valence-corrected chi connectivity index (χ1v) is 6.03. The minimum Gasteiger partial charge on any atom is -0.468 e. The van der Waals surface area contributed by atoms with Crippen molar-refractivity contribution >= 4 is 11.8 Å². The van der Waals surface area contributed by atoms with Gasteiger partial charge in [-0.2, -0.15) is 0 Å². The summed E-state index contributed by atoms with van der Waals surface area (Å²) in [6.07, 6.45) is 8.17. The van der Waals surface area contributed by atoms with E-state index in [0.717, 1.165) is 37.7 Å². The fourth-order valence-corrected chi connectivity index (χ4v) is 2.95. The molecule has 0 saturated heterocycles. The Morgan fingerprint density at radius 1 is 1.31 bits per heavy atom. The van der Waals surface area contributed by atoms with Gasteiger partial charge in [0.05, 0.1) is 7.11 Å². The Labute approximate surface area is 95.9 Å². The van der Waals surface area contributed by atoms with Crippen molar-refractivity contribution in [3.63, 3.8) is 0 Å². The largest absolute Gasteiger partial charge is 0.468 e. The predicted octanol–water partition coefficient (Wildman–Crippen LogP) is 2.40. The summed E-state index contributed by atoms with van der Waals surface area (Å²) in [5.74, 6) is -0.282. The third-order valence-electron chi connectivity index (χ3n) is 3.80. The lowest BCUT2D eigenvalue weighted by Crippen LogP contribution is -2.38. The van der Waals surface area contributed by atoms with Crippen LogP contribution in [0, 0.1) is 5.41 Å². The van der Waals surface area contributed by atoms with Crippen LogP contribution in [0.4, 0.5) is 0 Å². The number of ether oxygens (including phenoxy) is 1. The van der Waals surface area contributed by atoms with Crippen LogP contribution in [0.1, 0.15) is 44.9 Å². The quantitative estimate of drug-likeness (QED) is 0.409. The number of hydrogen-bond acceptors (Lipinski definition) is 3. The summed E-state index contributed by atoms with van der Waals surface area (Å²) in [6.45, 7) is 0. The second-order valence-corrected chi connectivity index (χ2v) is 4.65. The molecule has 0 spiro atoms. The van der Waals surface area contributed by atoms with E-state index in [-0.39, 0.29) is 11.8 Å². The van der Waals surface area contributed by atoms with Gasteiger partial charge in [-0.1, -0.05) is 6.08 Å². The Balaban J connectivity index is 2.37. The van der Waals surface area contributed by atoms with Crippen molar-refractivity contribution in [2.45, 2.75) is 44.9 Å². The molecule has 0 amide bonds. The smallest absolute Gasteiger partial charge is 0.323 e. The molecule has 0 heterocycles. The molecule has 2 rings (SSSR count). The van der Waals surface area contributed by atoms with E-state index in [1.807, 2.05) is 0 Å². The summed E-state index contributed by atoms with van der Waals surface area (Å²) in [7, 11) is 1.37. The van der Waals surface area contributed by atoms with Crippen molar-refractivity contribution in [1.29, 1.82) is 0 Å². The fraction of sp³-hybridized carbons (Fsp3) is 0.692. The van der Waals surface area contributed by atoms with Gasteiger partial charge in [0, 0.05) is 6.42 Å². The van der Waals surface area contributed by atoms with Gasteiger partial charge in [-0.25, -0.2) is 0 Å². The fourth-order valence-electron chi connectivity index (χ4n) is 2.95. The van der Waals surface area contributed by atoms with Gasteiger partial charge < -0.3 is 4.74 Å². The van der Waals surface area contributed by atoms with E-state index in [1.165, 1.54) is 7.11 Å². The molecule has 3 heteroatoms. The second kappa shape index (κ2) is 4.40. The lowest BCUT2D eigenvalue weighted by Gasteiger charge is -2.29. The Hall–Kier alpha value is -1.12. The van der Waals surface area contributed by atoms with Crippen LogP contribution in [-0.2, 0) is 14.3 Å². The first kappa shape index (κ1) is 11.4. The summed E-state index contributed by atoms with van der Waals surface area (Å²) in [5, 5.41) is 0. The van der Waals surface area contributed by atoms with E-state index in [4.69, 9.17) is 4.74 Å². The molecule has 3 nitrogen and oxygen atoms in total. The second-order valence-electron chi connectivity index (χ2n) is 4.65. The molecule has 0 unspecified atom stereocenters. The van der Waals surface area contributed by atoms with Gasteiger partial charge in [-0.05, 0) is 44.1 Å². The molecular formula is C13H18O3. The number of esters is 1. The molecular weight excluding hydrogens is 204 g/mol. The molecule has 88 valence electrons. The summed E-state index contributed by atoms with van der Waals surface area (Å²) >= 11 is 0. The maximum Gasteiger partial charge on any atom is 0.323 e. The molecule has 0 aliphatic heterocycles. The molecule has 0 radical (unpaired) electrons. The van der Waals surface area contributed by atoms with Crippen molar-refractivity contribution in [2.75, 3.05) is 7.11 Å². The molecule has 0 aromatic carbocycles. The minimum absolute atomic E-state index is 0.0625. The first-order valence-electron chi connectivity index (χ1n) is 6.03. The van der Waals surface area contributed by atoms with E-state index in [9.17, 15) is 9.59 Å². The van der Waals surface area contributed by atoms with E-state index in [0.29, 0.717) is 12.8 Å². The van der Waals surface area contributed by atoms with Gasteiger partial charge in [0.15, 0.2) is 5.78 Å². The lowest BCUT2D eigenvalue weighted by atomic mass is 9.73. The van der Waals surface area contributed by atoms with Crippen molar-refractivity contribution < 1.29 is 14.3 Å². The zero-order valence-electron chi connectivity index (χ0n) is 9.75. The van der Waals surface area contributed by atoms with Gasteiger partial charge in [-0.15, -0.1) is 0 Å². The number of carbonyl (C=O) groups excluding carboxylic acids is 2. The molecule has 0 bridgehead atoms. The zero-order valence-corrected chi connectivity index (χ0v) is 9.75. The molecule has 1 fully saturated rings. The van der Waals surface area contributed by atoms with Crippen molar-refractivity contribution in [3.05, 3.63) is 11.6 Å². The molecule has 2 aliphatic carbocycles. The van der Waals surface area contributed by atoms with Gasteiger partial charge >= 0.3 is 5.97 Å². The Morgan fingerprint density at radius 2 is 2.12 bits per heavy atom. The molecule has 1 atom stereocenters. The Morgan fingerprint density at radius 3 is 2.62 bits per heavy atom. The summed E-state index contributed by atoms with van der Waals surface area (Å²) in [5.41, 5.74) is 0.114. The highest BCUT2D eigenvalue weighted by atomic mass is 16.5. The maximum atomic E-state index is 12.1. The van der Waals surface area contributed by atoms with Crippen LogP contribution in [0.15, 0.2) is 11.6 Å². The van der Waals surface area contributed by atoms with Crippen LogP contribution in [0.5, 0.6) is 0 Å². The third-order valence-corrected chi connectivity index (χ3v) is 3.80. The zero-order chi connectivity index (χ0) is 11.6. The van der Waals surface area contributed by atoms with Gasteiger partial charge in [0.25, 0.3) is 0 Å². The highest BCUT2D eigenvalue weighted by Crippen LogP contribution is 2.45. The number of allylic oxidation sites excluding steroid dienone is 1. The number of ketones is 1. The molecule has 0 N–H and O–H groups in total. The summed E-state index contributed by atoms with van der Waals surface area (Å²) in [4.78, 5) is 24.0. The number of hydrogen-bond donors (Lipinski definition) is 0. The van der Waals surface area contributed by atoms with Crippen molar-refractivity contribution in [3.8, 4) is 0 Å². The summed E-state index contributed by atoms with van der Waals surface area (Å²) in [6, 6.07) is 0. The van der Waals surface area contributed by atoms with E-state index in [1.54, 1.807) is 0 Å². The standard InChI is InChI=1S/C13H18O3/c1-16-12(15)13(9-5-8-11(13)14)10-6-3-2-4-7-10/h6H,2-5,7-9H2,1H3/t13-/m0/s1. The SMILES string of the molecule is COC(=O)[C@]1(C2=CCCCC2)CCCC1=O. The molecule has 16 heavy (non-hydrogen) atoms. The van der Waals surface area contributed by atoms with Crippen LogP contribution in [0.3, 0.4) is 0 Å². The predicted molar refractivity (Wildman–Crippen MR) is 59.9 cm³/mol. The Bertz CT molecular complexity index is 343. The number of Topliss-reactive ketones (excluding diaryl/α,β-unsaturated/α-hetero) is 1. The lowest BCUT2D eigenvalue weighted by molar-refractivity contribution is -0.154. The van der Waals surface area contributed by atoms with Crippen LogP contribution in [0.2, 0.25) is 0 Å². The van der Waals surface area contributed by atoms with E-state index < -0.39 is 5.41 Å². The average Bonchev–Trinajstić information content (AvgIpc) is 2.72. The van der Waals surface area contributed by atoms with Crippen LogP contribution in [0.25, 0.3) is 0 Å². The normalized spacial score (nSPS) is 30.1. The molecule has 0 aromatic heterocycles. The monoisotopic (exact) mass is 222 g/mol. The number of methoxy groups -OCH3 is 1. The van der Waals surface area contributed by atoms with Crippen LogP contribution < -0.4 is 0 Å². The van der Waals surface area contributed by atoms with Crippen molar-refractivity contribution in [2.24, 2.45) is 5.41 Å². The number of carbonyl (C=O) groups is 2. The van der Waals surface area contributed by atoms with Gasteiger partial charge in [0.1, 0.15) is 5.41 Å². The van der Waals surface area contributed by atoms with Crippen LogP contribution >= 0.6 is 0 Å². The van der Waals surface area contributed by atoms with Crippen molar-refractivity contribution in [1.82, 2.24) is 0 Å². The highest BCUT2D eigenvalue weighted by molar-refractivity contribution is 6.08. The van der Waals surface area contributed by atoms with E-state index in [2.05, 4.69) is 6.08 Å². The molecule has 0 aromatic rings. The van der Waals surface area contributed by atoms with Gasteiger partial charge in [0.2, 0.25) is 0 Å².